The number of nitrogens with one attached hydrogen (secondary N) is 1. The maximum Gasteiger partial charge on any atom is 0.242 e. The molecule has 0 heterocycles. The molecule has 1 aromatic rings. The highest BCUT2D eigenvalue weighted by Crippen LogP contribution is 2.23. The third-order valence-corrected chi connectivity index (χ3v) is 3.22. The highest BCUT2D eigenvalue weighted by Gasteiger charge is 2.24. The van der Waals surface area contributed by atoms with Crippen molar-refractivity contribution in [3.8, 4) is 0 Å². The maximum absolute atomic E-state index is 11.7. The van der Waals surface area contributed by atoms with E-state index >= 15 is 0 Å². The Morgan fingerprint density at radius 1 is 1.33 bits per heavy atom. The minimum atomic E-state index is -0.563. The van der Waals surface area contributed by atoms with Gasteiger partial charge in [-0.2, -0.15) is 0 Å². The monoisotopic (exact) mass is 223 g/mol. The minimum Gasteiger partial charge on any atom is -0.352 e. The molecule has 2 nitrogen and oxygen atoms in total. The molecule has 1 aromatic carbocycles. The summed E-state index contributed by atoms with van der Waals surface area (Å²) in [5, 5.41) is 2.38. The molecule has 80 valence electrons. The summed E-state index contributed by atoms with van der Waals surface area (Å²) in [5.74, 6) is -0.0763. The van der Waals surface area contributed by atoms with Crippen molar-refractivity contribution in [2.75, 3.05) is 0 Å². The molecule has 3 heteroatoms. The molecule has 0 spiro atoms. The number of carbonyl (C=O) groups is 1. The van der Waals surface area contributed by atoms with Crippen LogP contribution in [-0.2, 0) is 4.79 Å². The number of alkyl halides is 1. The van der Waals surface area contributed by atoms with E-state index in [9.17, 15) is 4.79 Å². The standard InChI is InChI=1S/C12H14ClNO/c13-11(9-5-2-1-3-6-9)12(15)14-10-7-4-8-10/h1-3,5-6,10-11H,4,7-8H2,(H,14,15). The lowest BCUT2D eigenvalue weighted by Crippen LogP contribution is -2.41. The smallest absolute Gasteiger partial charge is 0.242 e. The summed E-state index contributed by atoms with van der Waals surface area (Å²) in [7, 11) is 0. The van der Waals surface area contributed by atoms with Gasteiger partial charge >= 0.3 is 0 Å². The van der Waals surface area contributed by atoms with E-state index in [4.69, 9.17) is 11.6 Å². The zero-order valence-corrected chi connectivity index (χ0v) is 9.20. The summed E-state index contributed by atoms with van der Waals surface area (Å²) in [4.78, 5) is 11.7. The van der Waals surface area contributed by atoms with Crippen molar-refractivity contribution >= 4 is 17.5 Å². The Balaban J connectivity index is 1.94. The first-order valence-electron chi connectivity index (χ1n) is 5.27. The van der Waals surface area contributed by atoms with E-state index in [1.54, 1.807) is 0 Å². The second-order valence-corrected chi connectivity index (χ2v) is 4.35. The molecular weight excluding hydrogens is 210 g/mol. The number of carbonyl (C=O) groups excluding carboxylic acids is 1. The molecule has 1 fully saturated rings. The Morgan fingerprint density at radius 3 is 2.53 bits per heavy atom. The normalized spacial score (nSPS) is 17.9. The average Bonchev–Trinajstić information content (AvgIpc) is 2.23. The van der Waals surface area contributed by atoms with E-state index in [-0.39, 0.29) is 5.91 Å². The molecule has 0 radical (unpaired) electrons. The zero-order valence-electron chi connectivity index (χ0n) is 8.45. The van der Waals surface area contributed by atoms with Crippen LogP contribution in [0, 0.1) is 0 Å². The lowest BCUT2D eigenvalue weighted by Gasteiger charge is -2.27. The summed E-state index contributed by atoms with van der Waals surface area (Å²) >= 11 is 6.07. The van der Waals surface area contributed by atoms with Crippen LogP contribution in [0.25, 0.3) is 0 Å². The van der Waals surface area contributed by atoms with Crippen LogP contribution in [0.15, 0.2) is 30.3 Å². The number of hydrogen-bond acceptors (Lipinski definition) is 1. The van der Waals surface area contributed by atoms with Crippen molar-refractivity contribution in [3.63, 3.8) is 0 Å². The van der Waals surface area contributed by atoms with Crippen LogP contribution < -0.4 is 5.32 Å². The van der Waals surface area contributed by atoms with Gasteiger partial charge in [-0.3, -0.25) is 4.79 Å². The van der Waals surface area contributed by atoms with Crippen LogP contribution in [0.5, 0.6) is 0 Å². The largest absolute Gasteiger partial charge is 0.352 e. The molecule has 0 aliphatic heterocycles. The summed E-state index contributed by atoms with van der Waals surface area (Å²) in [5.41, 5.74) is 0.857. The van der Waals surface area contributed by atoms with Crippen molar-refractivity contribution in [1.29, 1.82) is 0 Å². The van der Waals surface area contributed by atoms with Crippen LogP contribution in [0.3, 0.4) is 0 Å². The molecule has 2 rings (SSSR count). The van der Waals surface area contributed by atoms with E-state index in [0.29, 0.717) is 6.04 Å². The van der Waals surface area contributed by atoms with Gasteiger partial charge in [0.15, 0.2) is 0 Å². The van der Waals surface area contributed by atoms with E-state index < -0.39 is 5.38 Å². The molecular formula is C12H14ClNO. The van der Waals surface area contributed by atoms with Crippen molar-refractivity contribution in [1.82, 2.24) is 5.32 Å². The van der Waals surface area contributed by atoms with Gasteiger partial charge in [0.05, 0.1) is 0 Å². The highest BCUT2D eigenvalue weighted by molar-refractivity contribution is 6.30. The number of hydrogen-bond donors (Lipinski definition) is 1. The molecule has 0 aromatic heterocycles. The SMILES string of the molecule is O=C(NC1CCC1)C(Cl)c1ccccc1. The number of halogens is 1. The van der Waals surface area contributed by atoms with E-state index in [2.05, 4.69) is 5.32 Å². The molecule has 0 bridgehead atoms. The summed E-state index contributed by atoms with van der Waals surface area (Å²) in [6, 6.07) is 9.79. The van der Waals surface area contributed by atoms with Gasteiger partial charge < -0.3 is 5.32 Å². The number of benzene rings is 1. The van der Waals surface area contributed by atoms with E-state index in [0.717, 1.165) is 18.4 Å². The van der Waals surface area contributed by atoms with Gasteiger partial charge in [0.1, 0.15) is 5.38 Å². The first-order chi connectivity index (χ1) is 7.27. The van der Waals surface area contributed by atoms with Gasteiger partial charge in [-0.15, -0.1) is 11.6 Å². The second-order valence-electron chi connectivity index (χ2n) is 3.91. The lowest BCUT2D eigenvalue weighted by molar-refractivity contribution is -0.122. The fourth-order valence-corrected chi connectivity index (χ4v) is 1.81. The lowest BCUT2D eigenvalue weighted by atomic mass is 9.93. The van der Waals surface area contributed by atoms with Crippen LogP contribution in [-0.4, -0.2) is 11.9 Å². The van der Waals surface area contributed by atoms with Crippen molar-refractivity contribution < 1.29 is 4.79 Å². The molecule has 1 aliphatic rings. The fraction of sp³-hybridized carbons (Fsp3) is 0.417. The fourth-order valence-electron chi connectivity index (χ4n) is 1.60. The zero-order chi connectivity index (χ0) is 10.7. The Labute approximate surface area is 94.6 Å². The highest BCUT2D eigenvalue weighted by atomic mass is 35.5. The number of rotatable bonds is 3. The molecule has 1 saturated carbocycles. The Bertz CT molecular complexity index is 335. The molecule has 1 atom stereocenters. The van der Waals surface area contributed by atoms with Crippen LogP contribution in [0.4, 0.5) is 0 Å². The quantitative estimate of drug-likeness (QED) is 0.785. The van der Waals surface area contributed by atoms with Crippen molar-refractivity contribution in [2.45, 2.75) is 30.7 Å². The van der Waals surface area contributed by atoms with E-state index in [1.165, 1.54) is 6.42 Å². The molecule has 1 amide bonds. The third kappa shape index (κ3) is 2.51. The van der Waals surface area contributed by atoms with Gasteiger partial charge in [-0.1, -0.05) is 30.3 Å². The van der Waals surface area contributed by atoms with Crippen LogP contribution in [0.1, 0.15) is 30.2 Å². The third-order valence-electron chi connectivity index (χ3n) is 2.77. The van der Waals surface area contributed by atoms with Gasteiger partial charge in [0.25, 0.3) is 0 Å². The van der Waals surface area contributed by atoms with Gasteiger partial charge in [-0.25, -0.2) is 0 Å². The first kappa shape index (κ1) is 10.5. The van der Waals surface area contributed by atoms with Crippen LogP contribution >= 0.6 is 11.6 Å². The van der Waals surface area contributed by atoms with Gasteiger partial charge in [-0.05, 0) is 24.8 Å². The predicted molar refractivity (Wildman–Crippen MR) is 60.8 cm³/mol. The molecule has 0 saturated heterocycles. The topological polar surface area (TPSA) is 29.1 Å². The van der Waals surface area contributed by atoms with Crippen molar-refractivity contribution in [2.24, 2.45) is 0 Å². The first-order valence-corrected chi connectivity index (χ1v) is 5.70. The predicted octanol–water partition coefficient (Wildman–Crippen LogP) is 2.64. The van der Waals surface area contributed by atoms with Crippen molar-refractivity contribution in [3.05, 3.63) is 35.9 Å². The second kappa shape index (κ2) is 4.67. The molecule has 1 aliphatic carbocycles. The average molecular weight is 224 g/mol. The molecule has 15 heavy (non-hydrogen) atoms. The van der Waals surface area contributed by atoms with Gasteiger partial charge in [0, 0.05) is 6.04 Å². The Morgan fingerprint density at radius 2 is 2.00 bits per heavy atom. The minimum absolute atomic E-state index is 0.0763. The van der Waals surface area contributed by atoms with Gasteiger partial charge in [0.2, 0.25) is 5.91 Å². The maximum atomic E-state index is 11.7. The Kier molecular flexibility index (Phi) is 3.27. The Hall–Kier alpha value is -1.02. The summed E-state index contributed by atoms with van der Waals surface area (Å²) < 4.78 is 0. The molecule has 1 unspecified atom stereocenters. The van der Waals surface area contributed by atoms with E-state index in [1.807, 2.05) is 30.3 Å². The van der Waals surface area contributed by atoms with Crippen LogP contribution in [0.2, 0.25) is 0 Å². The summed E-state index contributed by atoms with van der Waals surface area (Å²) in [6.07, 6.45) is 3.39. The molecule has 1 N–H and O–H groups in total. The number of amides is 1. The summed E-state index contributed by atoms with van der Waals surface area (Å²) in [6.45, 7) is 0.